The highest BCUT2D eigenvalue weighted by Crippen LogP contribution is 2.22. The van der Waals surface area contributed by atoms with Gasteiger partial charge in [0.05, 0.1) is 11.4 Å². The van der Waals surface area contributed by atoms with E-state index < -0.39 is 0 Å². The maximum Gasteiger partial charge on any atom is 0.220 e. The van der Waals surface area contributed by atoms with Gasteiger partial charge in [-0.15, -0.1) is 0 Å². The van der Waals surface area contributed by atoms with Crippen LogP contribution in [-0.2, 0) is 4.79 Å². The number of carbonyl (C=O) groups excluding carboxylic acids is 1. The molecule has 1 atom stereocenters. The van der Waals surface area contributed by atoms with Crippen LogP contribution in [0.4, 0.5) is 5.69 Å². The molecule has 1 aromatic heterocycles. The van der Waals surface area contributed by atoms with Gasteiger partial charge in [-0.2, -0.15) is 0 Å². The second-order valence-corrected chi connectivity index (χ2v) is 3.62. The Balaban J connectivity index is 2.24. The second kappa shape index (κ2) is 3.29. The fraction of sp³-hybridized carbons (Fsp3) is 0.400. The third-order valence-electron chi connectivity index (χ3n) is 2.54. The second-order valence-electron chi connectivity index (χ2n) is 3.62. The fourth-order valence-electron chi connectivity index (χ4n) is 1.63. The normalized spacial score (nSPS) is 20.9. The summed E-state index contributed by atoms with van der Waals surface area (Å²) in [5, 5.41) is 2.79. The van der Waals surface area contributed by atoms with E-state index in [1.165, 1.54) is 0 Å². The molecule has 0 spiro atoms. The van der Waals surface area contributed by atoms with Crippen molar-refractivity contribution in [3.63, 3.8) is 0 Å². The van der Waals surface area contributed by atoms with Crippen LogP contribution in [0.25, 0.3) is 0 Å². The van der Waals surface area contributed by atoms with Gasteiger partial charge in [0.15, 0.2) is 0 Å². The first-order chi connectivity index (χ1) is 6.66. The lowest BCUT2D eigenvalue weighted by Gasteiger charge is -2.08. The average Bonchev–Trinajstić information content (AvgIpc) is 2.57. The lowest BCUT2D eigenvalue weighted by atomic mass is 10.0. The first kappa shape index (κ1) is 8.99. The molecular weight excluding hydrogens is 178 g/mol. The Hall–Kier alpha value is -1.58. The topological polar surface area (TPSA) is 68.0 Å². The molecule has 0 bridgehead atoms. The van der Waals surface area contributed by atoms with Crippen molar-refractivity contribution in [2.24, 2.45) is 0 Å². The Morgan fingerprint density at radius 3 is 2.93 bits per heavy atom. The van der Waals surface area contributed by atoms with E-state index in [4.69, 9.17) is 5.73 Å². The zero-order valence-electron chi connectivity index (χ0n) is 8.08. The largest absolute Gasteiger partial charge is 0.397 e. The van der Waals surface area contributed by atoms with E-state index in [0.29, 0.717) is 18.7 Å². The predicted molar refractivity (Wildman–Crippen MR) is 53.8 cm³/mol. The Morgan fingerprint density at radius 2 is 2.36 bits per heavy atom. The van der Waals surface area contributed by atoms with Crippen molar-refractivity contribution < 1.29 is 4.79 Å². The summed E-state index contributed by atoms with van der Waals surface area (Å²) in [6.07, 6.45) is 0.538. The number of nitrogens with one attached hydrogen (secondary N) is 1. The molecule has 4 heteroatoms. The average molecular weight is 191 g/mol. The molecule has 1 saturated heterocycles. The molecule has 1 aliphatic heterocycles. The fourth-order valence-corrected chi connectivity index (χ4v) is 1.63. The smallest absolute Gasteiger partial charge is 0.220 e. The molecule has 14 heavy (non-hydrogen) atoms. The summed E-state index contributed by atoms with van der Waals surface area (Å²) in [7, 11) is 0. The van der Waals surface area contributed by atoms with Crippen LogP contribution in [0.3, 0.4) is 0 Å². The maximum absolute atomic E-state index is 11.0. The zero-order chi connectivity index (χ0) is 10.1. The summed E-state index contributed by atoms with van der Waals surface area (Å²) in [5.74, 6) is 0.313. The number of amides is 1. The number of anilines is 1. The van der Waals surface area contributed by atoms with E-state index in [1.807, 2.05) is 19.1 Å². The molecule has 0 aromatic carbocycles. The van der Waals surface area contributed by atoms with Gasteiger partial charge in [-0.05, 0) is 19.1 Å². The third kappa shape index (κ3) is 1.55. The molecule has 1 aromatic rings. The van der Waals surface area contributed by atoms with Gasteiger partial charge >= 0.3 is 0 Å². The van der Waals surface area contributed by atoms with Gasteiger partial charge in [0, 0.05) is 24.6 Å². The van der Waals surface area contributed by atoms with Crippen LogP contribution in [0.1, 0.15) is 23.7 Å². The molecule has 1 aliphatic rings. The molecule has 74 valence electrons. The van der Waals surface area contributed by atoms with Crippen molar-refractivity contribution >= 4 is 11.6 Å². The summed E-state index contributed by atoms with van der Waals surface area (Å²) < 4.78 is 0. The minimum absolute atomic E-state index is 0.103. The minimum Gasteiger partial charge on any atom is -0.397 e. The van der Waals surface area contributed by atoms with Gasteiger partial charge in [0.2, 0.25) is 5.91 Å². The SMILES string of the molecule is Cc1nc([C@H]2CNC(=O)C2)ccc1N. The number of carbonyl (C=O) groups is 1. The Kier molecular flexibility index (Phi) is 2.11. The third-order valence-corrected chi connectivity index (χ3v) is 2.54. The summed E-state index contributed by atoms with van der Waals surface area (Å²) in [5.41, 5.74) is 8.16. The van der Waals surface area contributed by atoms with Gasteiger partial charge in [0.1, 0.15) is 0 Å². The number of nitrogen functional groups attached to an aromatic ring is 1. The summed E-state index contributed by atoms with van der Waals surface area (Å²) in [6.45, 7) is 2.57. The quantitative estimate of drug-likeness (QED) is 0.682. The molecule has 2 heterocycles. The number of rotatable bonds is 1. The maximum atomic E-state index is 11.0. The summed E-state index contributed by atoms with van der Waals surface area (Å²) >= 11 is 0. The summed E-state index contributed by atoms with van der Waals surface area (Å²) in [6, 6.07) is 3.74. The van der Waals surface area contributed by atoms with Crippen LogP contribution in [-0.4, -0.2) is 17.4 Å². The van der Waals surface area contributed by atoms with E-state index in [9.17, 15) is 4.79 Å². The Morgan fingerprint density at radius 1 is 1.57 bits per heavy atom. The number of nitrogens with two attached hydrogens (primary N) is 1. The molecule has 0 saturated carbocycles. The van der Waals surface area contributed by atoms with E-state index >= 15 is 0 Å². The number of hydrogen-bond acceptors (Lipinski definition) is 3. The predicted octanol–water partition coefficient (Wildman–Crippen LogP) is 0.576. The monoisotopic (exact) mass is 191 g/mol. The Labute approximate surface area is 82.5 Å². The van der Waals surface area contributed by atoms with E-state index in [2.05, 4.69) is 10.3 Å². The first-order valence-corrected chi connectivity index (χ1v) is 4.66. The van der Waals surface area contributed by atoms with Gasteiger partial charge in [-0.3, -0.25) is 9.78 Å². The Bertz CT molecular complexity index is 376. The summed E-state index contributed by atoms with van der Waals surface area (Å²) in [4.78, 5) is 15.4. The molecule has 0 aliphatic carbocycles. The highest BCUT2D eigenvalue weighted by Gasteiger charge is 2.24. The van der Waals surface area contributed by atoms with E-state index in [1.54, 1.807) is 0 Å². The molecular formula is C10H13N3O. The zero-order valence-corrected chi connectivity index (χ0v) is 8.08. The number of hydrogen-bond donors (Lipinski definition) is 2. The molecule has 0 radical (unpaired) electrons. The number of aromatic nitrogens is 1. The van der Waals surface area contributed by atoms with Crippen molar-refractivity contribution in [3.05, 3.63) is 23.5 Å². The van der Waals surface area contributed by atoms with Gasteiger partial charge in [-0.25, -0.2) is 0 Å². The molecule has 2 rings (SSSR count). The van der Waals surface area contributed by atoms with Gasteiger partial charge in [-0.1, -0.05) is 0 Å². The lowest BCUT2D eigenvalue weighted by molar-refractivity contribution is -0.119. The number of pyridine rings is 1. The van der Waals surface area contributed by atoms with Crippen LogP contribution in [0.15, 0.2) is 12.1 Å². The first-order valence-electron chi connectivity index (χ1n) is 4.66. The minimum atomic E-state index is 0.103. The van der Waals surface area contributed by atoms with Crippen molar-refractivity contribution in [1.29, 1.82) is 0 Å². The van der Waals surface area contributed by atoms with Crippen molar-refractivity contribution in [2.75, 3.05) is 12.3 Å². The van der Waals surface area contributed by atoms with Gasteiger partial charge in [0.25, 0.3) is 0 Å². The van der Waals surface area contributed by atoms with Crippen LogP contribution in [0, 0.1) is 6.92 Å². The molecule has 1 amide bonds. The molecule has 4 nitrogen and oxygen atoms in total. The number of aryl methyl sites for hydroxylation is 1. The molecule has 1 fully saturated rings. The van der Waals surface area contributed by atoms with Crippen LogP contribution < -0.4 is 11.1 Å². The van der Waals surface area contributed by atoms with Crippen molar-refractivity contribution in [2.45, 2.75) is 19.3 Å². The van der Waals surface area contributed by atoms with E-state index in [0.717, 1.165) is 11.4 Å². The van der Waals surface area contributed by atoms with Crippen LogP contribution >= 0.6 is 0 Å². The van der Waals surface area contributed by atoms with Crippen molar-refractivity contribution in [1.82, 2.24) is 10.3 Å². The lowest BCUT2D eigenvalue weighted by Crippen LogP contribution is -2.13. The standard InChI is InChI=1S/C10H13N3O/c1-6-8(11)2-3-9(13-6)7-4-10(14)12-5-7/h2-3,7H,4-5,11H2,1H3,(H,12,14)/t7-/m1/s1. The van der Waals surface area contributed by atoms with Crippen molar-refractivity contribution in [3.8, 4) is 0 Å². The molecule has 0 unspecified atom stereocenters. The number of nitrogens with zero attached hydrogens (tertiary/aromatic N) is 1. The van der Waals surface area contributed by atoms with Crippen LogP contribution in [0.2, 0.25) is 0 Å². The highest BCUT2D eigenvalue weighted by atomic mass is 16.1. The highest BCUT2D eigenvalue weighted by molar-refractivity contribution is 5.79. The van der Waals surface area contributed by atoms with Gasteiger partial charge < -0.3 is 11.1 Å². The van der Waals surface area contributed by atoms with Crippen LogP contribution in [0.5, 0.6) is 0 Å². The van der Waals surface area contributed by atoms with E-state index in [-0.39, 0.29) is 11.8 Å². The molecule has 3 N–H and O–H groups in total.